The highest BCUT2D eigenvalue weighted by Gasteiger charge is 2.47. The Hall–Kier alpha value is -3.85. The maximum absolute atomic E-state index is 13.0. The lowest BCUT2D eigenvalue weighted by atomic mass is 9.95. The highest BCUT2D eigenvalue weighted by atomic mass is 79.9. The average Bonchev–Trinajstić information content (AvgIpc) is 3.05. The van der Waals surface area contributed by atoms with E-state index in [9.17, 15) is 24.8 Å². The van der Waals surface area contributed by atoms with E-state index in [4.69, 9.17) is 0 Å². The number of nitro benzene ring substituents is 1. The fraction of sp³-hybridized carbons (Fsp3) is 0.0455. The van der Waals surface area contributed by atoms with Gasteiger partial charge in [-0.05, 0) is 29.8 Å². The molecular weight excluding hydrogens is 466 g/mol. The number of ketones is 1. The van der Waals surface area contributed by atoms with Crippen LogP contribution in [0.5, 0.6) is 0 Å². The average molecular weight is 480 g/mol. The summed E-state index contributed by atoms with van der Waals surface area (Å²) in [5.74, 6) is -2.11. The molecule has 1 amide bonds. The number of nitro groups is 1. The number of aliphatic hydroxyl groups is 1. The molecule has 0 spiro atoms. The first kappa shape index (κ1) is 20.4. The maximum atomic E-state index is 13.0. The number of halogens is 1. The third-order valence-corrected chi connectivity index (χ3v) is 5.41. The van der Waals surface area contributed by atoms with Crippen molar-refractivity contribution in [2.24, 2.45) is 0 Å². The van der Waals surface area contributed by atoms with E-state index in [1.807, 2.05) is 0 Å². The highest BCUT2D eigenvalue weighted by Crippen LogP contribution is 2.42. The number of Topliss-reactive ketones (excluding diaryl/α,β-unsaturated/α-hetero) is 1. The Morgan fingerprint density at radius 3 is 2.48 bits per heavy atom. The minimum absolute atomic E-state index is 0.156. The predicted molar refractivity (Wildman–Crippen MR) is 116 cm³/mol. The van der Waals surface area contributed by atoms with E-state index in [-0.39, 0.29) is 17.0 Å². The molecule has 0 saturated carbocycles. The van der Waals surface area contributed by atoms with Gasteiger partial charge in [-0.1, -0.05) is 40.2 Å². The van der Waals surface area contributed by atoms with Crippen LogP contribution in [0.4, 0.5) is 11.4 Å². The molecule has 1 saturated heterocycles. The Morgan fingerprint density at radius 1 is 1.10 bits per heavy atom. The van der Waals surface area contributed by atoms with Crippen LogP contribution >= 0.6 is 15.9 Å². The Bertz CT molecular complexity index is 1230. The van der Waals surface area contributed by atoms with Crippen molar-refractivity contribution in [3.8, 4) is 0 Å². The van der Waals surface area contributed by atoms with Crippen LogP contribution in [0.15, 0.2) is 83.1 Å². The van der Waals surface area contributed by atoms with E-state index < -0.39 is 22.7 Å². The molecule has 2 heterocycles. The summed E-state index contributed by atoms with van der Waals surface area (Å²) in [5, 5.41) is 22.3. The lowest BCUT2D eigenvalue weighted by Crippen LogP contribution is -2.29. The molecule has 2 aromatic carbocycles. The first-order valence-corrected chi connectivity index (χ1v) is 9.89. The summed E-state index contributed by atoms with van der Waals surface area (Å²) in [4.78, 5) is 41.9. The molecule has 1 aliphatic heterocycles. The molecule has 9 heteroatoms. The summed E-state index contributed by atoms with van der Waals surface area (Å²) < 4.78 is 0.773. The predicted octanol–water partition coefficient (Wildman–Crippen LogP) is 4.38. The normalized spacial score (nSPS) is 17.7. The first-order valence-electron chi connectivity index (χ1n) is 9.10. The topological polar surface area (TPSA) is 114 Å². The summed E-state index contributed by atoms with van der Waals surface area (Å²) in [6.07, 6.45) is 2.93. The Morgan fingerprint density at radius 2 is 1.84 bits per heavy atom. The molecule has 154 valence electrons. The van der Waals surface area contributed by atoms with Gasteiger partial charge >= 0.3 is 0 Å². The number of rotatable bonds is 4. The minimum Gasteiger partial charge on any atom is -0.507 e. The van der Waals surface area contributed by atoms with Crippen LogP contribution in [-0.4, -0.2) is 26.7 Å². The van der Waals surface area contributed by atoms with Crippen LogP contribution in [-0.2, 0) is 9.59 Å². The Labute approximate surface area is 184 Å². The summed E-state index contributed by atoms with van der Waals surface area (Å²) in [6.45, 7) is 0. The second kappa shape index (κ2) is 8.11. The van der Waals surface area contributed by atoms with Gasteiger partial charge in [-0.3, -0.25) is 29.6 Å². The third-order valence-electron chi connectivity index (χ3n) is 4.88. The molecule has 1 aromatic heterocycles. The molecule has 8 nitrogen and oxygen atoms in total. The number of hydrogen-bond donors (Lipinski definition) is 1. The van der Waals surface area contributed by atoms with Gasteiger partial charge in [-0.2, -0.15) is 0 Å². The number of carbonyl (C=O) groups excluding carboxylic acids is 2. The van der Waals surface area contributed by atoms with Crippen molar-refractivity contribution in [1.29, 1.82) is 0 Å². The van der Waals surface area contributed by atoms with Crippen LogP contribution in [0.3, 0.4) is 0 Å². The zero-order chi connectivity index (χ0) is 22.1. The number of benzene rings is 2. The van der Waals surface area contributed by atoms with Gasteiger partial charge in [0.25, 0.3) is 17.4 Å². The molecule has 0 radical (unpaired) electrons. The summed E-state index contributed by atoms with van der Waals surface area (Å²) in [7, 11) is 0. The Balaban J connectivity index is 1.96. The quantitative estimate of drug-likeness (QED) is 0.195. The summed E-state index contributed by atoms with van der Waals surface area (Å²) in [5.41, 5.74) is 0.629. The number of non-ortho nitro benzene ring substituents is 1. The monoisotopic (exact) mass is 479 g/mol. The van der Waals surface area contributed by atoms with Crippen molar-refractivity contribution in [2.75, 3.05) is 4.90 Å². The van der Waals surface area contributed by atoms with Crippen LogP contribution in [0.1, 0.15) is 17.2 Å². The first-order chi connectivity index (χ1) is 14.9. The van der Waals surface area contributed by atoms with Crippen molar-refractivity contribution in [3.05, 3.63) is 104 Å². The van der Waals surface area contributed by atoms with Crippen molar-refractivity contribution >= 4 is 44.8 Å². The van der Waals surface area contributed by atoms with Gasteiger partial charge in [-0.15, -0.1) is 0 Å². The number of aromatic nitrogens is 1. The molecule has 1 atom stereocenters. The van der Waals surface area contributed by atoms with E-state index in [0.717, 1.165) is 4.47 Å². The molecule has 4 rings (SSSR count). The number of aliphatic hydroxyl groups excluding tert-OH is 1. The van der Waals surface area contributed by atoms with Crippen molar-refractivity contribution in [3.63, 3.8) is 0 Å². The van der Waals surface area contributed by atoms with Gasteiger partial charge in [0, 0.05) is 28.4 Å². The SMILES string of the molecule is O=C1C(=O)N(c2cccnc2)[C@H](c2cccc([N+](=O)[O-])c2)C1=C(O)c1ccc(Br)cc1. The number of pyridine rings is 1. The zero-order valence-electron chi connectivity index (χ0n) is 15.8. The van der Waals surface area contributed by atoms with Crippen LogP contribution in [0.2, 0.25) is 0 Å². The highest BCUT2D eigenvalue weighted by molar-refractivity contribution is 9.10. The standard InChI is InChI=1S/C22H14BrN3O5/c23-15-8-6-13(7-9-15)20(27)18-19(14-3-1-4-16(11-14)26(30)31)25(22(29)21(18)28)17-5-2-10-24-12-17/h1-12,19,27H/t19-/m1/s1. The maximum Gasteiger partial charge on any atom is 0.300 e. The van der Waals surface area contributed by atoms with Crippen molar-refractivity contribution in [1.82, 2.24) is 4.98 Å². The molecule has 0 aliphatic carbocycles. The fourth-order valence-corrected chi connectivity index (χ4v) is 3.75. The number of nitrogens with zero attached hydrogens (tertiary/aromatic N) is 3. The largest absolute Gasteiger partial charge is 0.507 e. The molecule has 0 unspecified atom stereocenters. The van der Waals surface area contributed by atoms with Gasteiger partial charge in [0.15, 0.2) is 0 Å². The second-order valence-corrected chi connectivity index (χ2v) is 7.65. The van der Waals surface area contributed by atoms with Gasteiger partial charge in [-0.25, -0.2) is 0 Å². The fourth-order valence-electron chi connectivity index (χ4n) is 3.48. The van der Waals surface area contributed by atoms with E-state index in [1.54, 1.807) is 42.5 Å². The molecule has 0 bridgehead atoms. The van der Waals surface area contributed by atoms with Gasteiger partial charge in [0.1, 0.15) is 5.76 Å². The number of hydrogen-bond acceptors (Lipinski definition) is 6. The van der Waals surface area contributed by atoms with Crippen molar-refractivity contribution < 1.29 is 19.6 Å². The molecule has 1 N–H and O–H groups in total. The van der Waals surface area contributed by atoms with Crippen LogP contribution < -0.4 is 4.90 Å². The number of amides is 1. The van der Waals surface area contributed by atoms with Gasteiger partial charge in [0.2, 0.25) is 0 Å². The lowest BCUT2D eigenvalue weighted by Gasteiger charge is -2.25. The van der Waals surface area contributed by atoms with Gasteiger partial charge < -0.3 is 5.11 Å². The summed E-state index contributed by atoms with van der Waals surface area (Å²) >= 11 is 3.31. The molecule has 3 aromatic rings. The van der Waals surface area contributed by atoms with Crippen LogP contribution in [0.25, 0.3) is 5.76 Å². The van der Waals surface area contributed by atoms with E-state index >= 15 is 0 Å². The number of anilines is 1. The van der Waals surface area contributed by atoms with E-state index in [0.29, 0.717) is 16.8 Å². The zero-order valence-corrected chi connectivity index (χ0v) is 17.4. The van der Waals surface area contributed by atoms with E-state index in [1.165, 1.54) is 35.5 Å². The number of carbonyl (C=O) groups is 2. The molecule has 1 aliphatic rings. The molecule has 1 fully saturated rings. The minimum atomic E-state index is -1.06. The lowest BCUT2D eigenvalue weighted by molar-refractivity contribution is -0.384. The molecular formula is C22H14BrN3O5. The third kappa shape index (κ3) is 3.71. The van der Waals surface area contributed by atoms with Gasteiger partial charge in [0.05, 0.1) is 28.4 Å². The smallest absolute Gasteiger partial charge is 0.300 e. The molecule has 31 heavy (non-hydrogen) atoms. The van der Waals surface area contributed by atoms with E-state index in [2.05, 4.69) is 20.9 Å². The van der Waals surface area contributed by atoms with Crippen molar-refractivity contribution in [2.45, 2.75) is 6.04 Å². The second-order valence-electron chi connectivity index (χ2n) is 6.74. The van der Waals surface area contributed by atoms with Crippen LogP contribution in [0, 0.1) is 10.1 Å². The Kier molecular flexibility index (Phi) is 5.35. The summed E-state index contributed by atoms with van der Waals surface area (Å²) in [6, 6.07) is 14.4.